The number of hydrogen-bond acceptors (Lipinski definition) is 3. The summed E-state index contributed by atoms with van der Waals surface area (Å²) in [5.41, 5.74) is -0.333. The predicted octanol–water partition coefficient (Wildman–Crippen LogP) is 4.70. The van der Waals surface area contributed by atoms with Crippen LogP contribution in [0.15, 0.2) is 18.2 Å². The van der Waals surface area contributed by atoms with Crippen molar-refractivity contribution in [1.82, 2.24) is 5.32 Å². The number of amides is 1. The zero-order valence-corrected chi connectivity index (χ0v) is 18.5. The number of benzene rings is 1. The normalized spacial score (nSPS) is 12.3. The van der Waals surface area contributed by atoms with Crippen molar-refractivity contribution in [3.05, 3.63) is 23.8 Å². The van der Waals surface area contributed by atoms with Crippen molar-refractivity contribution in [2.24, 2.45) is 5.92 Å². The number of rotatable bonds is 7. The van der Waals surface area contributed by atoms with E-state index in [4.69, 9.17) is 9.47 Å². The molecule has 0 radical (unpaired) electrons. The Morgan fingerprint density at radius 1 is 1.07 bits per heavy atom. The van der Waals surface area contributed by atoms with Crippen molar-refractivity contribution in [3.8, 4) is 23.3 Å². The van der Waals surface area contributed by atoms with Gasteiger partial charge in [0.2, 0.25) is 5.91 Å². The van der Waals surface area contributed by atoms with Gasteiger partial charge in [0.05, 0.1) is 7.11 Å². The lowest BCUT2D eigenvalue weighted by Crippen LogP contribution is -2.56. The molecule has 0 atom stereocenters. The molecule has 1 amide bonds. The van der Waals surface area contributed by atoms with Crippen molar-refractivity contribution in [2.45, 2.75) is 78.9 Å². The fourth-order valence-electron chi connectivity index (χ4n) is 2.71. The standard InChI is InChI=1S/C23H35NO3/c1-11-14-21(4,5)27-18-13-12-17(15-19(18)26-10)22(6,7)23(8,9)24-20(25)16(2)3/h12-13,15-16H,1-10H3,(H,24,25). The highest BCUT2D eigenvalue weighted by molar-refractivity contribution is 5.78. The fourth-order valence-corrected chi connectivity index (χ4v) is 2.71. The lowest BCUT2D eigenvalue weighted by molar-refractivity contribution is -0.126. The van der Waals surface area contributed by atoms with E-state index in [9.17, 15) is 4.79 Å². The summed E-state index contributed by atoms with van der Waals surface area (Å²) >= 11 is 0. The molecule has 0 saturated carbocycles. The van der Waals surface area contributed by atoms with E-state index in [2.05, 4.69) is 31.0 Å². The number of ether oxygens (including phenoxy) is 2. The van der Waals surface area contributed by atoms with Crippen LogP contribution in [0.3, 0.4) is 0 Å². The Labute approximate surface area is 165 Å². The lowest BCUT2D eigenvalue weighted by atomic mass is 9.69. The molecule has 150 valence electrons. The molecule has 0 aromatic heterocycles. The van der Waals surface area contributed by atoms with Gasteiger partial charge in [-0.3, -0.25) is 4.79 Å². The Morgan fingerprint density at radius 2 is 1.67 bits per heavy atom. The van der Waals surface area contributed by atoms with Crippen LogP contribution >= 0.6 is 0 Å². The molecule has 0 bridgehead atoms. The molecule has 0 saturated heterocycles. The number of methoxy groups -OCH3 is 1. The molecule has 0 heterocycles. The molecule has 0 aliphatic carbocycles. The van der Waals surface area contributed by atoms with E-state index in [0.717, 1.165) is 5.56 Å². The van der Waals surface area contributed by atoms with Crippen molar-refractivity contribution in [1.29, 1.82) is 0 Å². The summed E-state index contributed by atoms with van der Waals surface area (Å²) in [6, 6.07) is 5.92. The van der Waals surface area contributed by atoms with E-state index >= 15 is 0 Å². The molecule has 1 N–H and O–H groups in total. The molecule has 4 nitrogen and oxygen atoms in total. The minimum absolute atomic E-state index is 0.0416. The van der Waals surface area contributed by atoms with Gasteiger partial charge in [-0.15, -0.1) is 5.92 Å². The molecule has 0 aliphatic heterocycles. The van der Waals surface area contributed by atoms with Crippen LogP contribution in [0.1, 0.15) is 67.9 Å². The Morgan fingerprint density at radius 3 is 2.15 bits per heavy atom. The summed E-state index contributed by atoms with van der Waals surface area (Å²) in [5.74, 6) is 7.22. The molecule has 0 fully saturated rings. The summed E-state index contributed by atoms with van der Waals surface area (Å²) < 4.78 is 11.6. The lowest BCUT2D eigenvalue weighted by Gasteiger charge is -2.43. The summed E-state index contributed by atoms with van der Waals surface area (Å²) in [6.45, 7) is 17.8. The van der Waals surface area contributed by atoms with Crippen molar-refractivity contribution < 1.29 is 14.3 Å². The first-order chi connectivity index (χ1) is 12.3. The number of hydrogen-bond donors (Lipinski definition) is 1. The van der Waals surface area contributed by atoms with Gasteiger partial charge in [-0.1, -0.05) is 39.7 Å². The first-order valence-electron chi connectivity index (χ1n) is 9.41. The highest BCUT2D eigenvalue weighted by atomic mass is 16.5. The van der Waals surface area contributed by atoms with Crippen molar-refractivity contribution in [3.63, 3.8) is 0 Å². The Hall–Kier alpha value is -2.15. The minimum Gasteiger partial charge on any atom is -0.493 e. The predicted molar refractivity (Wildman–Crippen MR) is 111 cm³/mol. The van der Waals surface area contributed by atoms with Crippen molar-refractivity contribution >= 4 is 5.91 Å². The fraction of sp³-hybridized carbons (Fsp3) is 0.609. The van der Waals surface area contributed by atoms with Gasteiger partial charge in [0.25, 0.3) is 0 Å². The second-order valence-corrected chi connectivity index (χ2v) is 8.75. The molecular formula is C23H35NO3. The highest BCUT2D eigenvalue weighted by Gasteiger charge is 2.40. The minimum atomic E-state index is -0.608. The molecule has 0 unspecified atom stereocenters. The molecule has 4 heteroatoms. The van der Waals surface area contributed by atoms with Gasteiger partial charge >= 0.3 is 0 Å². The Bertz CT molecular complexity index is 734. The smallest absolute Gasteiger partial charge is 0.222 e. The second-order valence-electron chi connectivity index (χ2n) is 8.75. The maximum absolute atomic E-state index is 12.3. The van der Waals surface area contributed by atoms with E-state index in [1.807, 2.05) is 59.7 Å². The van der Waals surface area contributed by atoms with Gasteiger partial charge < -0.3 is 14.8 Å². The SMILES string of the molecule is CC#CC(C)(C)Oc1ccc(C(C)(C)C(C)(C)NC(=O)C(C)C)cc1OC. The highest BCUT2D eigenvalue weighted by Crippen LogP contribution is 2.40. The van der Waals surface area contributed by atoms with Gasteiger partial charge in [-0.2, -0.15) is 0 Å². The third-order valence-electron chi connectivity index (χ3n) is 5.20. The monoisotopic (exact) mass is 373 g/mol. The maximum Gasteiger partial charge on any atom is 0.222 e. The molecule has 0 spiro atoms. The molecule has 1 rings (SSSR count). The maximum atomic E-state index is 12.3. The Kier molecular flexibility index (Phi) is 6.99. The number of nitrogens with one attached hydrogen (secondary N) is 1. The van der Waals surface area contributed by atoms with E-state index in [1.54, 1.807) is 14.0 Å². The second kappa shape index (κ2) is 8.25. The summed E-state index contributed by atoms with van der Waals surface area (Å²) in [5, 5.41) is 3.17. The summed E-state index contributed by atoms with van der Waals surface area (Å²) in [7, 11) is 1.63. The van der Waals surface area contributed by atoms with E-state index in [1.165, 1.54) is 0 Å². The molecule has 1 aromatic rings. The van der Waals surface area contributed by atoms with E-state index < -0.39 is 11.1 Å². The van der Waals surface area contributed by atoms with Gasteiger partial charge in [0, 0.05) is 16.9 Å². The van der Waals surface area contributed by atoms with E-state index in [0.29, 0.717) is 11.5 Å². The first-order valence-corrected chi connectivity index (χ1v) is 9.41. The van der Waals surface area contributed by atoms with Crippen molar-refractivity contribution in [2.75, 3.05) is 7.11 Å². The first kappa shape index (κ1) is 22.9. The van der Waals surface area contributed by atoms with Crippen LogP contribution in [-0.4, -0.2) is 24.2 Å². The molecule has 27 heavy (non-hydrogen) atoms. The van der Waals surface area contributed by atoms with Crippen LogP contribution < -0.4 is 14.8 Å². The average molecular weight is 374 g/mol. The quantitative estimate of drug-likeness (QED) is 0.705. The average Bonchev–Trinajstić information content (AvgIpc) is 2.53. The van der Waals surface area contributed by atoms with Crippen LogP contribution in [-0.2, 0) is 10.2 Å². The summed E-state index contributed by atoms with van der Waals surface area (Å²) in [6.07, 6.45) is 0. The largest absolute Gasteiger partial charge is 0.493 e. The van der Waals surface area contributed by atoms with Gasteiger partial charge in [-0.05, 0) is 52.3 Å². The van der Waals surface area contributed by atoms with Crippen LogP contribution in [0.4, 0.5) is 0 Å². The Balaban J connectivity index is 3.26. The van der Waals surface area contributed by atoms with Crippen LogP contribution in [0.2, 0.25) is 0 Å². The van der Waals surface area contributed by atoms with Gasteiger partial charge in [0.1, 0.15) is 0 Å². The van der Waals surface area contributed by atoms with Crippen LogP contribution in [0.5, 0.6) is 11.5 Å². The van der Waals surface area contributed by atoms with Gasteiger partial charge in [-0.25, -0.2) is 0 Å². The third kappa shape index (κ3) is 5.42. The third-order valence-corrected chi connectivity index (χ3v) is 5.20. The van der Waals surface area contributed by atoms with Gasteiger partial charge in [0.15, 0.2) is 17.1 Å². The topological polar surface area (TPSA) is 47.6 Å². The molecular weight excluding hydrogens is 338 g/mol. The summed E-state index contributed by atoms with van der Waals surface area (Å²) in [4.78, 5) is 12.3. The zero-order chi connectivity index (χ0) is 21.0. The number of carbonyl (C=O) groups is 1. The molecule has 0 aliphatic rings. The molecule has 1 aromatic carbocycles. The van der Waals surface area contributed by atoms with E-state index in [-0.39, 0.29) is 17.2 Å². The number of carbonyl (C=O) groups excluding carboxylic acids is 1. The van der Waals surface area contributed by atoms with Crippen LogP contribution in [0, 0.1) is 17.8 Å². The zero-order valence-electron chi connectivity index (χ0n) is 18.5. The van der Waals surface area contributed by atoms with Crippen LogP contribution in [0.25, 0.3) is 0 Å².